The zero-order chi connectivity index (χ0) is 11.2. The molecule has 1 spiro atoms. The van der Waals surface area contributed by atoms with E-state index in [2.05, 4.69) is 11.9 Å². The fourth-order valence-corrected chi connectivity index (χ4v) is 2.70. The molecule has 0 aliphatic carbocycles. The Labute approximate surface area is 107 Å². The van der Waals surface area contributed by atoms with Crippen LogP contribution in [0.1, 0.15) is 28.8 Å². The molecule has 0 atom stereocenters. The number of likely N-dealkylation sites (tertiary alicyclic amines) is 1. The van der Waals surface area contributed by atoms with Crippen molar-refractivity contribution in [3.05, 3.63) is 35.4 Å². The van der Waals surface area contributed by atoms with Gasteiger partial charge in [0.25, 0.3) is 0 Å². The van der Waals surface area contributed by atoms with Gasteiger partial charge in [-0.3, -0.25) is 0 Å². The van der Waals surface area contributed by atoms with Gasteiger partial charge in [-0.1, -0.05) is 18.2 Å². The van der Waals surface area contributed by atoms with Crippen LogP contribution in [0, 0.1) is 0 Å². The third-order valence-electron chi connectivity index (χ3n) is 3.72. The van der Waals surface area contributed by atoms with E-state index in [0.29, 0.717) is 0 Å². The minimum Gasteiger partial charge on any atom is -0.450 e. The van der Waals surface area contributed by atoms with Crippen LogP contribution in [-0.2, 0) is 10.3 Å². The first-order valence-corrected chi connectivity index (χ1v) is 5.73. The smallest absolute Gasteiger partial charge is 0.339 e. The van der Waals surface area contributed by atoms with E-state index in [4.69, 9.17) is 4.74 Å². The van der Waals surface area contributed by atoms with E-state index in [1.807, 2.05) is 24.3 Å². The predicted octanol–water partition coefficient (Wildman–Crippen LogP) is 2.20. The van der Waals surface area contributed by atoms with Crippen LogP contribution in [-0.4, -0.2) is 31.0 Å². The number of ether oxygens (including phenoxy) is 1. The van der Waals surface area contributed by atoms with Gasteiger partial charge in [-0.2, -0.15) is 0 Å². The van der Waals surface area contributed by atoms with Crippen molar-refractivity contribution in [1.29, 1.82) is 0 Å². The topological polar surface area (TPSA) is 29.5 Å². The summed E-state index contributed by atoms with van der Waals surface area (Å²) < 4.78 is 5.64. The molecule has 4 heteroatoms. The van der Waals surface area contributed by atoms with Gasteiger partial charge in [-0.15, -0.1) is 12.4 Å². The van der Waals surface area contributed by atoms with Crippen molar-refractivity contribution in [1.82, 2.24) is 4.90 Å². The molecule has 0 N–H and O–H groups in total. The first-order valence-electron chi connectivity index (χ1n) is 5.73. The van der Waals surface area contributed by atoms with Crippen LogP contribution < -0.4 is 0 Å². The molecule has 0 amide bonds. The average Bonchev–Trinajstić information content (AvgIpc) is 2.58. The molecule has 3 nitrogen and oxygen atoms in total. The number of nitrogens with zero attached hydrogens (tertiary/aromatic N) is 1. The van der Waals surface area contributed by atoms with Gasteiger partial charge in [-0.05, 0) is 13.1 Å². The predicted molar refractivity (Wildman–Crippen MR) is 67.5 cm³/mol. The lowest BCUT2D eigenvalue weighted by atomic mass is 9.84. The van der Waals surface area contributed by atoms with Crippen molar-refractivity contribution in [3.8, 4) is 0 Å². The molecule has 2 aliphatic heterocycles. The summed E-state index contributed by atoms with van der Waals surface area (Å²) in [6.07, 6.45) is 1.82. The molecule has 0 bridgehead atoms. The highest BCUT2D eigenvalue weighted by Crippen LogP contribution is 2.43. The molecule has 1 saturated heterocycles. The lowest BCUT2D eigenvalue weighted by molar-refractivity contribution is -0.0394. The van der Waals surface area contributed by atoms with Crippen LogP contribution in [0.3, 0.4) is 0 Å². The van der Waals surface area contributed by atoms with Crippen LogP contribution in [0.15, 0.2) is 24.3 Å². The molecule has 0 aromatic heterocycles. The molecule has 2 heterocycles. The van der Waals surface area contributed by atoms with Crippen LogP contribution >= 0.6 is 12.4 Å². The molecule has 0 unspecified atom stereocenters. The largest absolute Gasteiger partial charge is 0.450 e. The highest BCUT2D eigenvalue weighted by molar-refractivity contribution is 5.94. The van der Waals surface area contributed by atoms with E-state index in [-0.39, 0.29) is 24.0 Å². The Morgan fingerprint density at radius 3 is 2.59 bits per heavy atom. The van der Waals surface area contributed by atoms with Crippen molar-refractivity contribution in [2.75, 3.05) is 20.1 Å². The SMILES string of the molecule is CN1CCC2(CC1)OC(=O)c1ccccc12.Cl. The van der Waals surface area contributed by atoms with E-state index in [0.717, 1.165) is 37.1 Å². The Morgan fingerprint density at radius 2 is 1.88 bits per heavy atom. The third-order valence-corrected chi connectivity index (χ3v) is 3.72. The molecule has 17 heavy (non-hydrogen) atoms. The van der Waals surface area contributed by atoms with Gasteiger partial charge in [0.05, 0.1) is 5.56 Å². The summed E-state index contributed by atoms with van der Waals surface area (Å²) in [5, 5.41) is 0. The Hall–Kier alpha value is -1.06. The van der Waals surface area contributed by atoms with Crippen molar-refractivity contribution >= 4 is 18.4 Å². The lowest BCUT2D eigenvalue weighted by Crippen LogP contribution is -2.40. The van der Waals surface area contributed by atoms with E-state index < -0.39 is 0 Å². The molecule has 3 rings (SSSR count). The minimum absolute atomic E-state index is 0. The first-order chi connectivity index (χ1) is 7.71. The average molecular weight is 254 g/mol. The summed E-state index contributed by atoms with van der Waals surface area (Å²) in [4.78, 5) is 14.1. The van der Waals surface area contributed by atoms with Gasteiger partial charge >= 0.3 is 5.97 Å². The molecule has 0 saturated carbocycles. The number of rotatable bonds is 0. The Kier molecular flexibility index (Phi) is 3.15. The van der Waals surface area contributed by atoms with Gasteiger partial charge in [0.15, 0.2) is 0 Å². The number of piperidine rings is 1. The second kappa shape index (κ2) is 4.31. The van der Waals surface area contributed by atoms with E-state index in [1.54, 1.807) is 0 Å². The maximum atomic E-state index is 11.8. The number of hydrogen-bond donors (Lipinski definition) is 0. The fraction of sp³-hybridized carbons (Fsp3) is 0.462. The number of fused-ring (bicyclic) bond motifs is 2. The summed E-state index contributed by atoms with van der Waals surface area (Å²) in [7, 11) is 2.11. The summed E-state index contributed by atoms with van der Waals surface area (Å²) in [6, 6.07) is 7.78. The third kappa shape index (κ3) is 1.83. The second-order valence-electron chi connectivity index (χ2n) is 4.73. The van der Waals surface area contributed by atoms with E-state index in [1.165, 1.54) is 0 Å². The molecule has 1 aromatic carbocycles. The monoisotopic (exact) mass is 253 g/mol. The van der Waals surface area contributed by atoms with Crippen LogP contribution in [0.25, 0.3) is 0 Å². The molecule has 2 aliphatic rings. The van der Waals surface area contributed by atoms with Gasteiger partial charge < -0.3 is 9.64 Å². The number of esters is 1. The lowest BCUT2D eigenvalue weighted by Gasteiger charge is -2.36. The van der Waals surface area contributed by atoms with Gasteiger partial charge in [0, 0.05) is 31.5 Å². The van der Waals surface area contributed by atoms with Gasteiger partial charge in [-0.25, -0.2) is 4.79 Å². The van der Waals surface area contributed by atoms with Crippen molar-refractivity contribution in [2.45, 2.75) is 18.4 Å². The van der Waals surface area contributed by atoms with Crippen LogP contribution in [0.4, 0.5) is 0 Å². The molecule has 1 aromatic rings. The molecule has 1 fully saturated rings. The highest BCUT2D eigenvalue weighted by Gasteiger charge is 2.46. The Bertz CT molecular complexity index is 439. The number of benzene rings is 1. The van der Waals surface area contributed by atoms with Gasteiger partial charge in [0.1, 0.15) is 5.60 Å². The summed E-state index contributed by atoms with van der Waals surface area (Å²) >= 11 is 0. The molecular weight excluding hydrogens is 238 g/mol. The second-order valence-corrected chi connectivity index (χ2v) is 4.73. The summed E-state index contributed by atoms with van der Waals surface area (Å²) in [5.41, 5.74) is 1.51. The molecule has 0 radical (unpaired) electrons. The van der Waals surface area contributed by atoms with Gasteiger partial charge in [0.2, 0.25) is 0 Å². The fourth-order valence-electron chi connectivity index (χ4n) is 2.70. The number of carbonyl (C=O) groups is 1. The maximum Gasteiger partial charge on any atom is 0.339 e. The van der Waals surface area contributed by atoms with Crippen LogP contribution in [0.5, 0.6) is 0 Å². The highest BCUT2D eigenvalue weighted by atomic mass is 35.5. The Balaban J connectivity index is 0.00000108. The zero-order valence-electron chi connectivity index (χ0n) is 9.81. The molecular formula is C13H16ClNO2. The van der Waals surface area contributed by atoms with E-state index in [9.17, 15) is 4.79 Å². The number of halogens is 1. The maximum absolute atomic E-state index is 11.8. The van der Waals surface area contributed by atoms with Crippen molar-refractivity contribution < 1.29 is 9.53 Å². The molecule has 92 valence electrons. The summed E-state index contributed by atoms with van der Waals surface area (Å²) in [5.74, 6) is -0.153. The normalized spacial score (nSPS) is 21.8. The quantitative estimate of drug-likeness (QED) is 0.664. The minimum atomic E-state index is -0.333. The standard InChI is InChI=1S/C13H15NO2.ClH/c1-14-8-6-13(7-9-14)11-5-3-2-4-10(11)12(15)16-13;/h2-5H,6-9H2,1H3;1H. The summed E-state index contributed by atoms with van der Waals surface area (Å²) in [6.45, 7) is 1.98. The van der Waals surface area contributed by atoms with Crippen molar-refractivity contribution in [3.63, 3.8) is 0 Å². The number of hydrogen-bond acceptors (Lipinski definition) is 3. The first kappa shape index (κ1) is 12.4. The Morgan fingerprint density at radius 1 is 1.24 bits per heavy atom. The van der Waals surface area contributed by atoms with E-state index >= 15 is 0 Å². The van der Waals surface area contributed by atoms with Crippen LogP contribution in [0.2, 0.25) is 0 Å². The number of carbonyl (C=O) groups excluding carboxylic acids is 1. The van der Waals surface area contributed by atoms with Crippen molar-refractivity contribution in [2.24, 2.45) is 0 Å². The zero-order valence-corrected chi connectivity index (χ0v) is 10.6.